The maximum absolute atomic E-state index is 12.0. The van der Waals surface area contributed by atoms with Gasteiger partial charge in [0.2, 0.25) is 5.91 Å². The number of aryl methyl sites for hydroxylation is 2. The summed E-state index contributed by atoms with van der Waals surface area (Å²) in [6.45, 7) is 3.96. The van der Waals surface area contributed by atoms with Crippen LogP contribution in [0.4, 0.5) is 5.69 Å². The van der Waals surface area contributed by atoms with Gasteiger partial charge in [-0.25, -0.2) is 9.97 Å². The Kier molecular flexibility index (Phi) is 4.76. The molecule has 1 saturated carbocycles. The van der Waals surface area contributed by atoms with Crippen LogP contribution in [0.15, 0.2) is 24.5 Å². The van der Waals surface area contributed by atoms with Gasteiger partial charge in [0.05, 0.1) is 6.61 Å². The molecule has 1 aromatic carbocycles. The van der Waals surface area contributed by atoms with Crippen LogP contribution in [0.1, 0.15) is 24.2 Å². The maximum atomic E-state index is 12.0. The number of hydrogen-bond acceptors (Lipinski definition) is 5. The van der Waals surface area contributed by atoms with Crippen LogP contribution in [-0.4, -0.2) is 34.2 Å². The Bertz CT molecular complexity index is 737. The molecule has 0 radical (unpaired) electrons. The minimum absolute atomic E-state index is 0.0581. The zero-order valence-electron chi connectivity index (χ0n) is 13.9. The third kappa shape index (κ3) is 3.54. The van der Waals surface area contributed by atoms with E-state index in [-0.39, 0.29) is 25.0 Å². The Morgan fingerprint density at radius 3 is 2.62 bits per heavy atom. The minimum Gasteiger partial charge on any atom is -0.491 e. The molecule has 2 N–H and O–H groups in total. The molecule has 1 aromatic heterocycles. The Morgan fingerprint density at radius 2 is 2.00 bits per heavy atom. The van der Waals surface area contributed by atoms with E-state index in [0.717, 1.165) is 41.0 Å². The van der Waals surface area contributed by atoms with E-state index in [4.69, 9.17) is 9.84 Å². The Balaban J connectivity index is 2.00. The van der Waals surface area contributed by atoms with Gasteiger partial charge in [-0.15, -0.1) is 0 Å². The summed E-state index contributed by atoms with van der Waals surface area (Å²) in [4.78, 5) is 20.5. The predicted octanol–water partition coefficient (Wildman–Crippen LogP) is 2.48. The third-order valence-corrected chi connectivity index (χ3v) is 4.04. The number of hydrogen-bond donors (Lipinski definition) is 2. The molecule has 2 aromatic rings. The molecule has 0 unspecified atom stereocenters. The topological polar surface area (TPSA) is 84.3 Å². The number of carbonyl (C=O) groups excluding carboxylic acids is 1. The van der Waals surface area contributed by atoms with Gasteiger partial charge in [-0.3, -0.25) is 4.79 Å². The number of nitrogens with zero attached hydrogens (tertiary/aromatic N) is 2. The average molecular weight is 327 g/mol. The molecular weight excluding hydrogens is 306 g/mol. The molecule has 0 bridgehead atoms. The number of carbonyl (C=O) groups is 1. The first-order valence-corrected chi connectivity index (χ1v) is 8.07. The minimum atomic E-state index is -0.0666. The number of ether oxygens (including phenoxy) is 1. The first-order valence-electron chi connectivity index (χ1n) is 8.07. The number of aliphatic hydroxyl groups is 1. The summed E-state index contributed by atoms with van der Waals surface area (Å²) >= 11 is 0. The Morgan fingerprint density at radius 1 is 1.29 bits per heavy atom. The van der Waals surface area contributed by atoms with Crippen LogP contribution in [-0.2, 0) is 4.79 Å². The fraction of sp³-hybridized carbons (Fsp3) is 0.389. The van der Waals surface area contributed by atoms with Gasteiger partial charge in [-0.1, -0.05) is 0 Å². The second-order valence-corrected chi connectivity index (χ2v) is 5.97. The number of nitrogens with one attached hydrogen (secondary N) is 1. The predicted molar refractivity (Wildman–Crippen MR) is 90.9 cm³/mol. The Labute approximate surface area is 140 Å². The lowest BCUT2D eigenvalue weighted by Crippen LogP contribution is -2.13. The molecule has 0 aliphatic heterocycles. The van der Waals surface area contributed by atoms with Crippen molar-refractivity contribution in [1.29, 1.82) is 0 Å². The molecule has 0 saturated heterocycles. The zero-order valence-corrected chi connectivity index (χ0v) is 13.9. The molecule has 1 heterocycles. The normalized spacial score (nSPS) is 13.6. The van der Waals surface area contributed by atoms with Gasteiger partial charge >= 0.3 is 0 Å². The van der Waals surface area contributed by atoms with Crippen molar-refractivity contribution in [3.63, 3.8) is 0 Å². The molecule has 1 amide bonds. The number of aromatic nitrogens is 2. The van der Waals surface area contributed by atoms with Gasteiger partial charge in [0.1, 0.15) is 18.7 Å². The SMILES string of the molecule is Cc1ncnc(C)c1-c1cc(NC(=O)C2CC2)ccc1OCCO. The highest BCUT2D eigenvalue weighted by Gasteiger charge is 2.29. The van der Waals surface area contributed by atoms with E-state index in [0.29, 0.717) is 5.75 Å². The monoisotopic (exact) mass is 327 g/mol. The summed E-state index contributed by atoms with van der Waals surface area (Å²) in [6.07, 6.45) is 3.45. The van der Waals surface area contributed by atoms with Crippen molar-refractivity contribution in [3.05, 3.63) is 35.9 Å². The van der Waals surface area contributed by atoms with Crippen LogP contribution in [0, 0.1) is 19.8 Å². The van der Waals surface area contributed by atoms with Crippen molar-refractivity contribution in [2.75, 3.05) is 18.5 Å². The molecule has 6 nitrogen and oxygen atoms in total. The van der Waals surface area contributed by atoms with Gasteiger partial charge in [-0.05, 0) is 44.9 Å². The van der Waals surface area contributed by atoms with Crippen LogP contribution in [0.2, 0.25) is 0 Å². The van der Waals surface area contributed by atoms with Crippen LogP contribution >= 0.6 is 0 Å². The summed E-state index contributed by atoms with van der Waals surface area (Å²) < 4.78 is 5.65. The standard InChI is InChI=1S/C18H21N3O3/c1-11-17(12(2)20-10-19-11)15-9-14(21-18(23)13-3-4-13)5-6-16(15)24-8-7-22/h5-6,9-10,13,22H,3-4,7-8H2,1-2H3,(H,21,23). The maximum Gasteiger partial charge on any atom is 0.227 e. The van der Waals surface area contributed by atoms with Gasteiger partial charge in [0, 0.05) is 34.1 Å². The summed E-state index contributed by atoms with van der Waals surface area (Å²) in [7, 11) is 0. The molecule has 0 spiro atoms. The van der Waals surface area contributed by atoms with E-state index in [2.05, 4.69) is 15.3 Å². The lowest BCUT2D eigenvalue weighted by Gasteiger charge is -2.16. The van der Waals surface area contributed by atoms with Crippen molar-refractivity contribution >= 4 is 11.6 Å². The molecule has 1 aliphatic carbocycles. The first-order chi connectivity index (χ1) is 11.6. The van der Waals surface area contributed by atoms with E-state index in [1.54, 1.807) is 6.07 Å². The summed E-state index contributed by atoms with van der Waals surface area (Å²) in [5.74, 6) is 0.833. The second-order valence-electron chi connectivity index (χ2n) is 5.97. The highest BCUT2D eigenvalue weighted by Crippen LogP contribution is 2.36. The fourth-order valence-electron chi connectivity index (χ4n) is 2.66. The number of aliphatic hydroxyl groups excluding tert-OH is 1. The smallest absolute Gasteiger partial charge is 0.227 e. The summed E-state index contributed by atoms with van der Waals surface area (Å²) in [5, 5.41) is 12.0. The van der Waals surface area contributed by atoms with Crippen molar-refractivity contribution in [2.45, 2.75) is 26.7 Å². The van der Waals surface area contributed by atoms with E-state index in [1.165, 1.54) is 6.33 Å². The number of amides is 1. The highest BCUT2D eigenvalue weighted by molar-refractivity contribution is 5.95. The van der Waals surface area contributed by atoms with E-state index >= 15 is 0 Å². The average Bonchev–Trinajstić information content (AvgIpc) is 3.39. The molecule has 6 heteroatoms. The quantitative estimate of drug-likeness (QED) is 0.851. The molecular formula is C18H21N3O3. The van der Waals surface area contributed by atoms with Crippen LogP contribution in [0.3, 0.4) is 0 Å². The second kappa shape index (κ2) is 6.97. The lowest BCUT2D eigenvalue weighted by atomic mass is 10.0. The van der Waals surface area contributed by atoms with Crippen LogP contribution in [0.5, 0.6) is 5.75 Å². The van der Waals surface area contributed by atoms with E-state index in [1.807, 2.05) is 26.0 Å². The molecule has 24 heavy (non-hydrogen) atoms. The van der Waals surface area contributed by atoms with Gasteiger partial charge in [0.25, 0.3) is 0 Å². The fourth-order valence-corrected chi connectivity index (χ4v) is 2.66. The van der Waals surface area contributed by atoms with E-state index in [9.17, 15) is 4.79 Å². The van der Waals surface area contributed by atoms with Crippen molar-refractivity contribution in [2.24, 2.45) is 5.92 Å². The van der Waals surface area contributed by atoms with Crippen LogP contribution < -0.4 is 10.1 Å². The number of benzene rings is 1. The third-order valence-electron chi connectivity index (χ3n) is 4.04. The van der Waals surface area contributed by atoms with Gasteiger partial charge in [0.15, 0.2) is 0 Å². The lowest BCUT2D eigenvalue weighted by molar-refractivity contribution is -0.117. The summed E-state index contributed by atoms with van der Waals surface area (Å²) in [5.41, 5.74) is 4.09. The molecule has 1 fully saturated rings. The Hall–Kier alpha value is -2.47. The van der Waals surface area contributed by atoms with Crippen molar-refractivity contribution in [3.8, 4) is 16.9 Å². The largest absolute Gasteiger partial charge is 0.491 e. The molecule has 126 valence electrons. The number of rotatable bonds is 6. The highest BCUT2D eigenvalue weighted by atomic mass is 16.5. The number of anilines is 1. The first kappa shape index (κ1) is 16.4. The molecule has 1 aliphatic rings. The van der Waals surface area contributed by atoms with Gasteiger partial charge < -0.3 is 15.2 Å². The van der Waals surface area contributed by atoms with Crippen LogP contribution in [0.25, 0.3) is 11.1 Å². The van der Waals surface area contributed by atoms with Gasteiger partial charge in [-0.2, -0.15) is 0 Å². The van der Waals surface area contributed by atoms with Crippen molar-refractivity contribution in [1.82, 2.24) is 9.97 Å². The van der Waals surface area contributed by atoms with Crippen molar-refractivity contribution < 1.29 is 14.6 Å². The summed E-state index contributed by atoms with van der Waals surface area (Å²) in [6, 6.07) is 5.50. The molecule has 3 rings (SSSR count). The molecule has 0 atom stereocenters. The zero-order chi connectivity index (χ0) is 17.1. The van der Waals surface area contributed by atoms with E-state index < -0.39 is 0 Å².